The van der Waals surface area contributed by atoms with E-state index in [1.807, 2.05) is 78.4 Å². The van der Waals surface area contributed by atoms with Crippen molar-refractivity contribution in [1.82, 2.24) is 9.47 Å². The minimum atomic E-state index is -0.414. The van der Waals surface area contributed by atoms with Crippen molar-refractivity contribution in [1.29, 1.82) is 0 Å². The van der Waals surface area contributed by atoms with Crippen LogP contribution in [0.1, 0.15) is 35.2 Å². The fraction of sp³-hybridized carbons (Fsp3) is 0.333. The summed E-state index contributed by atoms with van der Waals surface area (Å²) in [5.74, 6) is 1.99. The SMILES string of the molecule is Cn1ccc2cc(NC(=O)CC3(N4Cc5ccccc5C4=O)CCSCC3)ccc21. The van der Waals surface area contributed by atoms with E-state index in [0.29, 0.717) is 13.0 Å². The zero-order chi connectivity index (χ0) is 20.7. The second-order valence-corrected chi connectivity index (χ2v) is 9.54. The Bertz CT molecular complexity index is 1130. The average Bonchev–Trinajstić information content (AvgIpc) is 3.29. The Kier molecular flexibility index (Phi) is 4.82. The molecule has 0 saturated carbocycles. The van der Waals surface area contributed by atoms with Crippen LogP contribution in [0.4, 0.5) is 5.69 Å². The van der Waals surface area contributed by atoms with Gasteiger partial charge in [-0.05, 0) is 60.2 Å². The summed E-state index contributed by atoms with van der Waals surface area (Å²) in [5, 5.41) is 4.18. The molecule has 154 valence electrons. The van der Waals surface area contributed by atoms with Crippen molar-refractivity contribution in [2.45, 2.75) is 31.3 Å². The van der Waals surface area contributed by atoms with Gasteiger partial charge in [0.1, 0.15) is 0 Å². The first kappa shape index (κ1) is 19.2. The summed E-state index contributed by atoms with van der Waals surface area (Å²) < 4.78 is 2.06. The van der Waals surface area contributed by atoms with E-state index in [1.165, 1.54) is 0 Å². The van der Waals surface area contributed by atoms with Crippen LogP contribution in [0.5, 0.6) is 0 Å². The predicted octanol–water partition coefficient (Wildman–Crippen LogP) is 4.43. The van der Waals surface area contributed by atoms with Gasteiger partial charge in [0.05, 0.1) is 12.0 Å². The van der Waals surface area contributed by atoms with Gasteiger partial charge in [-0.15, -0.1) is 0 Å². The first-order chi connectivity index (χ1) is 14.6. The van der Waals surface area contributed by atoms with Gasteiger partial charge in [-0.3, -0.25) is 9.59 Å². The molecule has 0 spiro atoms. The Labute approximate surface area is 180 Å². The molecule has 2 amide bonds. The Balaban J connectivity index is 1.38. The first-order valence-electron chi connectivity index (χ1n) is 10.4. The molecule has 5 rings (SSSR count). The minimum absolute atomic E-state index is 0.0269. The van der Waals surface area contributed by atoms with Crippen LogP contribution in [0.15, 0.2) is 54.7 Å². The molecule has 2 aromatic carbocycles. The van der Waals surface area contributed by atoms with Crippen molar-refractivity contribution in [2.24, 2.45) is 7.05 Å². The number of fused-ring (bicyclic) bond motifs is 2. The van der Waals surface area contributed by atoms with Crippen LogP contribution in [-0.4, -0.2) is 38.3 Å². The third-order valence-electron chi connectivity index (χ3n) is 6.48. The number of hydrogen-bond donors (Lipinski definition) is 1. The van der Waals surface area contributed by atoms with Crippen LogP contribution >= 0.6 is 11.8 Å². The molecule has 1 fully saturated rings. The van der Waals surface area contributed by atoms with E-state index in [2.05, 4.69) is 9.88 Å². The van der Waals surface area contributed by atoms with Crippen LogP contribution in [0.2, 0.25) is 0 Å². The number of amides is 2. The zero-order valence-corrected chi connectivity index (χ0v) is 17.9. The Morgan fingerprint density at radius 3 is 2.73 bits per heavy atom. The third kappa shape index (κ3) is 3.29. The lowest BCUT2D eigenvalue weighted by molar-refractivity contribution is -0.119. The van der Waals surface area contributed by atoms with Crippen molar-refractivity contribution in [2.75, 3.05) is 16.8 Å². The number of nitrogens with zero attached hydrogens (tertiary/aromatic N) is 2. The van der Waals surface area contributed by atoms with Crippen LogP contribution < -0.4 is 5.32 Å². The highest BCUT2D eigenvalue weighted by molar-refractivity contribution is 7.99. The molecule has 2 aliphatic rings. The van der Waals surface area contributed by atoms with Crippen molar-refractivity contribution in [3.8, 4) is 0 Å². The second-order valence-electron chi connectivity index (χ2n) is 8.31. The maximum Gasteiger partial charge on any atom is 0.254 e. The number of aromatic nitrogens is 1. The highest BCUT2D eigenvalue weighted by atomic mass is 32.2. The van der Waals surface area contributed by atoms with E-state index >= 15 is 0 Å². The van der Waals surface area contributed by atoms with Gasteiger partial charge < -0.3 is 14.8 Å². The van der Waals surface area contributed by atoms with Crippen LogP contribution in [0.3, 0.4) is 0 Å². The molecule has 30 heavy (non-hydrogen) atoms. The van der Waals surface area contributed by atoms with E-state index in [-0.39, 0.29) is 11.8 Å². The standard InChI is InChI=1S/C24H25N3O2S/c1-26-11-8-17-14-19(6-7-21(17)26)25-22(28)15-24(9-12-30-13-10-24)27-16-18-4-2-3-5-20(18)23(27)29/h2-8,11,14H,9-10,12-13,15-16H2,1H3,(H,25,28). The Hall–Kier alpha value is -2.73. The molecule has 3 aromatic rings. The molecule has 1 aromatic heterocycles. The van der Waals surface area contributed by atoms with E-state index in [4.69, 9.17) is 0 Å². The number of rotatable bonds is 4. The molecule has 1 N–H and O–H groups in total. The molecule has 6 heteroatoms. The van der Waals surface area contributed by atoms with Crippen molar-refractivity contribution in [3.63, 3.8) is 0 Å². The lowest BCUT2D eigenvalue weighted by atomic mass is 9.86. The van der Waals surface area contributed by atoms with E-state index in [1.54, 1.807) is 0 Å². The fourth-order valence-electron chi connectivity index (χ4n) is 4.79. The summed E-state index contributed by atoms with van der Waals surface area (Å²) in [6.07, 6.45) is 4.05. The van der Waals surface area contributed by atoms with Gasteiger partial charge in [-0.2, -0.15) is 11.8 Å². The summed E-state index contributed by atoms with van der Waals surface area (Å²) >= 11 is 1.90. The summed E-state index contributed by atoms with van der Waals surface area (Å²) in [4.78, 5) is 28.2. The van der Waals surface area contributed by atoms with Gasteiger partial charge in [-0.1, -0.05) is 18.2 Å². The lowest BCUT2D eigenvalue weighted by Crippen LogP contribution is -2.53. The molecule has 0 radical (unpaired) electrons. The molecular formula is C24H25N3O2S. The molecule has 0 aliphatic carbocycles. The summed E-state index contributed by atoms with van der Waals surface area (Å²) in [7, 11) is 2.01. The Morgan fingerprint density at radius 2 is 1.93 bits per heavy atom. The van der Waals surface area contributed by atoms with Gasteiger partial charge >= 0.3 is 0 Å². The number of thioether (sulfide) groups is 1. The summed E-state index contributed by atoms with van der Waals surface area (Å²) in [5.41, 5.74) is 3.37. The maximum absolute atomic E-state index is 13.2. The summed E-state index contributed by atoms with van der Waals surface area (Å²) in [6, 6.07) is 15.8. The van der Waals surface area contributed by atoms with Crippen LogP contribution in [0.25, 0.3) is 10.9 Å². The number of benzene rings is 2. The zero-order valence-electron chi connectivity index (χ0n) is 17.1. The number of carbonyl (C=O) groups excluding carboxylic acids is 2. The topological polar surface area (TPSA) is 54.3 Å². The molecular weight excluding hydrogens is 394 g/mol. The highest BCUT2D eigenvalue weighted by Crippen LogP contribution is 2.40. The molecule has 2 aliphatic heterocycles. The van der Waals surface area contributed by atoms with Crippen molar-refractivity contribution >= 4 is 40.2 Å². The Morgan fingerprint density at radius 1 is 1.13 bits per heavy atom. The molecule has 0 bridgehead atoms. The number of nitrogens with one attached hydrogen (secondary N) is 1. The van der Waals surface area contributed by atoms with Gasteiger partial charge in [0, 0.05) is 41.9 Å². The van der Waals surface area contributed by atoms with Gasteiger partial charge in [0.2, 0.25) is 5.91 Å². The van der Waals surface area contributed by atoms with E-state index < -0.39 is 5.54 Å². The summed E-state index contributed by atoms with van der Waals surface area (Å²) in [6.45, 7) is 0.600. The molecule has 1 saturated heterocycles. The lowest BCUT2D eigenvalue weighted by Gasteiger charge is -2.44. The number of carbonyl (C=O) groups is 2. The normalized spacial score (nSPS) is 17.9. The first-order valence-corrected chi connectivity index (χ1v) is 11.5. The fourth-order valence-corrected chi connectivity index (χ4v) is 6.05. The largest absolute Gasteiger partial charge is 0.351 e. The molecule has 5 nitrogen and oxygen atoms in total. The van der Waals surface area contributed by atoms with Crippen LogP contribution in [0, 0.1) is 0 Å². The smallest absolute Gasteiger partial charge is 0.254 e. The van der Waals surface area contributed by atoms with Crippen molar-refractivity contribution < 1.29 is 9.59 Å². The molecule has 0 atom stereocenters. The minimum Gasteiger partial charge on any atom is -0.351 e. The maximum atomic E-state index is 13.2. The number of anilines is 1. The van der Waals surface area contributed by atoms with E-state index in [0.717, 1.165) is 52.1 Å². The molecule has 3 heterocycles. The second kappa shape index (κ2) is 7.51. The van der Waals surface area contributed by atoms with E-state index in [9.17, 15) is 9.59 Å². The third-order valence-corrected chi connectivity index (χ3v) is 7.46. The van der Waals surface area contributed by atoms with Crippen LogP contribution in [-0.2, 0) is 18.4 Å². The van der Waals surface area contributed by atoms with Crippen molar-refractivity contribution in [3.05, 3.63) is 65.9 Å². The quantitative estimate of drug-likeness (QED) is 0.681. The average molecular weight is 420 g/mol. The van der Waals surface area contributed by atoms with Gasteiger partial charge in [0.25, 0.3) is 5.91 Å². The monoisotopic (exact) mass is 419 g/mol. The predicted molar refractivity (Wildman–Crippen MR) is 122 cm³/mol. The highest BCUT2D eigenvalue weighted by Gasteiger charge is 2.45. The molecule has 0 unspecified atom stereocenters. The number of aryl methyl sites for hydroxylation is 1. The number of hydrogen-bond acceptors (Lipinski definition) is 3. The van der Waals surface area contributed by atoms with Gasteiger partial charge in [-0.25, -0.2) is 0 Å². The van der Waals surface area contributed by atoms with Gasteiger partial charge in [0.15, 0.2) is 0 Å².